The van der Waals surface area contributed by atoms with Crippen LogP contribution in [-0.4, -0.2) is 44.8 Å². The molecule has 0 spiro atoms. The summed E-state index contributed by atoms with van der Waals surface area (Å²) in [4.78, 5) is 24.4. The molecule has 0 saturated heterocycles. The van der Waals surface area contributed by atoms with Gasteiger partial charge in [0, 0.05) is 11.1 Å². The molecule has 0 aliphatic rings. The quantitative estimate of drug-likeness (QED) is 0.664. The summed E-state index contributed by atoms with van der Waals surface area (Å²) in [5.41, 5.74) is 0.328. The number of likely N-dealkylation sites (N-methyl/N-ethyl adjacent to an activating group) is 1. The lowest BCUT2D eigenvalue weighted by Gasteiger charge is -2.20. The molecule has 1 aromatic carbocycles. The lowest BCUT2D eigenvalue weighted by Crippen LogP contribution is -3.09. The Morgan fingerprint density at radius 3 is 2.42 bits per heavy atom. The molecule has 0 aromatic heterocycles. The SMILES string of the molecule is COc1cc(C[NH+](C)CC(=O)NC(=O)NC(C)(C)C)ccc1OC(F)F. The molecule has 3 N–H and O–H groups in total. The minimum atomic E-state index is -2.94. The standard InChI is InChI=1S/C17H25F2N3O4/c1-17(2,3)21-16(24)20-14(23)10-22(4)9-11-6-7-12(26-15(18)19)13(8-11)25-5/h6-8,15H,9-10H2,1-5H3,(H2,20,21,23,24)/p+1. The fourth-order valence-electron chi connectivity index (χ4n) is 2.24. The number of ether oxygens (including phenoxy) is 2. The number of imide groups is 1. The first-order valence-electron chi connectivity index (χ1n) is 8.05. The van der Waals surface area contributed by atoms with E-state index >= 15 is 0 Å². The molecule has 1 unspecified atom stereocenters. The molecule has 0 heterocycles. The number of quaternary nitrogens is 1. The van der Waals surface area contributed by atoms with Crippen molar-refractivity contribution in [1.29, 1.82) is 0 Å². The van der Waals surface area contributed by atoms with Crippen LogP contribution in [0.4, 0.5) is 13.6 Å². The smallest absolute Gasteiger partial charge is 0.387 e. The maximum atomic E-state index is 12.3. The highest BCUT2D eigenvalue weighted by molar-refractivity contribution is 5.94. The average Bonchev–Trinajstić information content (AvgIpc) is 2.45. The zero-order chi connectivity index (χ0) is 19.9. The van der Waals surface area contributed by atoms with Crippen LogP contribution in [0.3, 0.4) is 0 Å². The first-order chi connectivity index (χ1) is 12.0. The van der Waals surface area contributed by atoms with Crippen molar-refractivity contribution >= 4 is 11.9 Å². The molecular weight excluding hydrogens is 348 g/mol. The predicted molar refractivity (Wildman–Crippen MR) is 91.5 cm³/mol. The number of carbonyl (C=O) groups excluding carboxylic acids is 2. The Balaban J connectivity index is 2.60. The highest BCUT2D eigenvalue weighted by atomic mass is 19.3. The Morgan fingerprint density at radius 1 is 1.23 bits per heavy atom. The molecule has 0 bridgehead atoms. The summed E-state index contributed by atoms with van der Waals surface area (Å²) in [6, 6.07) is 4.04. The fraction of sp³-hybridized carbons (Fsp3) is 0.529. The summed E-state index contributed by atoms with van der Waals surface area (Å²) in [5, 5.41) is 4.91. The Morgan fingerprint density at radius 2 is 1.88 bits per heavy atom. The Bertz CT molecular complexity index is 633. The van der Waals surface area contributed by atoms with Crippen molar-refractivity contribution < 1.29 is 32.7 Å². The number of halogens is 2. The van der Waals surface area contributed by atoms with Gasteiger partial charge in [0.1, 0.15) is 6.54 Å². The number of methoxy groups -OCH3 is 1. The van der Waals surface area contributed by atoms with Crippen molar-refractivity contribution in [3.05, 3.63) is 23.8 Å². The minimum absolute atomic E-state index is 0.0551. The Labute approximate surface area is 151 Å². The van der Waals surface area contributed by atoms with Gasteiger partial charge >= 0.3 is 12.6 Å². The van der Waals surface area contributed by atoms with Gasteiger partial charge in [-0.1, -0.05) is 0 Å². The molecule has 1 rings (SSSR count). The highest BCUT2D eigenvalue weighted by Gasteiger charge is 2.18. The number of carbonyl (C=O) groups is 2. The number of urea groups is 1. The van der Waals surface area contributed by atoms with E-state index in [2.05, 4.69) is 15.4 Å². The van der Waals surface area contributed by atoms with E-state index in [1.54, 1.807) is 19.2 Å². The molecule has 0 saturated carbocycles. The lowest BCUT2D eigenvalue weighted by atomic mass is 10.1. The summed E-state index contributed by atoms with van der Waals surface area (Å²) in [6.07, 6.45) is 0. The van der Waals surface area contributed by atoms with Gasteiger partial charge in [0.2, 0.25) is 0 Å². The van der Waals surface area contributed by atoms with Crippen LogP contribution < -0.4 is 25.0 Å². The summed E-state index contributed by atoms with van der Waals surface area (Å²) in [5.74, 6) is -0.293. The summed E-state index contributed by atoms with van der Waals surface area (Å²) in [6.45, 7) is 2.98. The van der Waals surface area contributed by atoms with E-state index in [4.69, 9.17) is 4.74 Å². The minimum Gasteiger partial charge on any atom is -0.493 e. The third-order valence-electron chi connectivity index (χ3n) is 3.15. The molecule has 0 fully saturated rings. The number of nitrogens with one attached hydrogen (secondary N) is 3. The van der Waals surface area contributed by atoms with Crippen LogP contribution in [0.2, 0.25) is 0 Å². The second-order valence-corrected chi connectivity index (χ2v) is 6.93. The van der Waals surface area contributed by atoms with Crippen molar-refractivity contribution in [2.24, 2.45) is 0 Å². The first-order valence-corrected chi connectivity index (χ1v) is 8.05. The van der Waals surface area contributed by atoms with Crippen molar-refractivity contribution in [2.45, 2.75) is 39.5 Å². The van der Waals surface area contributed by atoms with Crippen molar-refractivity contribution in [3.63, 3.8) is 0 Å². The number of hydrogen-bond acceptors (Lipinski definition) is 4. The van der Waals surface area contributed by atoms with Crippen LogP contribution in [0.25, 0.3) is 0 Å². The molecule has 1 atom stereocenters. The lowest BCUT2D eigenvalue weighted by molar-refractivity contribution is -0.885. The highest BCUT2D eigenvalue weighted by Crippen LogP contribution is 2.29. The van der Waals surface area contributed by atoms with Gasteiger partial charge in [-0.2, -0.15) is 8.78 Å². The van der Waals surface area contributed by atoms with Crippen molar-refractivity contribution in [2.75, 3.05) is 20.7 Å². The number of amides is 3. The normalized spacial score (nSPS) is 12.5. The van der Waals surface area contributed by atoms with Gasteiger partial charge in [0.15, 0.2) is 18.0 Å². The van der Waals surface area contributed by atoms with E-state index in [1.807, 2.05) is 20.8 Å². The average molecular weight is 374 g/mol. The molecule has 7 nitrogen and oxygen atoms in total. The van der Waals surface area contributed by atoms with Gasteiger partial charge in [-0.25, -0.2) is 4.79 Å². The van der Waals surface area contributed by atoms with Crippen LogP contribution in [0.5, 0.6) is 11.5 Å². The summed E-state index contributed by atoms with van der Waals surface area (Å²) < 4.78 is 34.1. The van der Waals surface area contributed by atoms with Crippen LogP contribution in [0.15, 0.2) is 18.2 Å². The van der Waals surface area contributed by atoms with E-state index in [1.165, 1.54) is 13.2 Å². The van der Waals surface area contributed by atoms with Gasteiger partial charge in [-0.15, -0.1) is 0 Å². The molecule has 146 valence electrons. The fourth-order valence-corrected chi connectivity index (χ4v) is 2.24. The van der Waals surface area contributed by atoms with E-state index in [-0.39, 0.29) is 18.0 Å². The molecule has 3 amide bonds. The van der Waals surface area contributed by atoms with Gasteiger partial charge in [-0.05, 0) is 39.0 Å². The summed E-state index contributed by atoms with van der Waals surface area (Å²) in [7, 11) is 3.13. The first kappa shape index (κ1) is 21.6. The van der Waals surface area contributed by atoms with Crippen molar-refractivity contribution in [3.8, 4) is 11.5 Å². The predicted octanol–water partition coefficient (Wildman–Crippen LogP) is 0.936. The van der Waals surface area contributed by atoms with Crippen LogP contribution >= 0.6 is 0 Å². The molecule has 26 heavy (non-hydrogen) atoms. The maximum absolute atomic E-state index is 12.3. The van der Waals surface area contributed by atoms with Gasteiger partial charge in [-0.3, -0.25) is 10.1 Å². The van der Waals surface area contributed by atoms with Gasteiger partial charge in [0.05, 0.1) is 14.2 Å². The zero-order valence-electron chi connectivity index (χ0n) is 15.6. The maximum Gasteiger partial charge on any atom is 0.387 e. The van der Waals surface area contributed by atoms with Crippen LogP contribution in [0, 0.1) is 0 Å². The largest absolute Gasteiger partial charge is 0.493 e. The van der Waals surface area contributed by atoms with Gasteiger partial charge in [0.25, 0.3) is 5.91 Å². The Hall–Kier alpha value is -2.42. The third-order valence-corrected chi connectivity index (χ3v) is 3.15. The monoisotopic (exact) mass is 374 g/mol. The van der Waals surface area contributed by atoms with Crippen LogP contribution in [0.1, 0.15) is 26.3 Å². The number of hydrogen-bond donors (Lipinski definition) is 3. The number of benzene rings is 1. The zero-order valence-corrected chi connectivity index (χ0v) is 15.6. The van der Waals surface area contributed by atoms with Crippen molar-refractivity contribution in [1.82, 2.24) is 10.6 Å². The Kier molecular flexibility index (Phi) is 7.76. The summed E-state index contributed by atoms with van der Waals surface area (Å²) >= 11 is 0. The molecule has 1 aromatic rings. The molecule has 0 aliphatic heterocycles. The molecule has 9 heteroatoms. The second-order valence-electron chi connectivity index (χ2n) is 6.93. The van der Waals surface area contributed by atoms with E-state index in [0.717, 1.165) is 10.5 Å². The van der Waals surface area contributed by atoms with Gasteiger partial charge < -0.3 is 19.7 Å². The number of alkyl halides is 2. The van der Waals surface area contributed by atoms with Crippen LogP contribution in [-0.2, 0) is 11.3 Å². The van der Waals surface area contributed by atoms with E-state index in [9.17, 15) is 18.4 Å². The topological polar surface area (TPSA) is 81.1 Å². The second kappa shape index (κ2) is 9.33. The third kappa shape index (κ3) is 8.11. The molecule has 0 radical (unpaired) electrons. The van der Waals surface area contributed by atoms with E-state index in [0.29, 0.717) is 6.54 Å². The molecule has 0 aliphatic carbocycles. The molecular formula is C17H26F2N3O4+. The number of rotatable bonds is 7. The van der Waals surface area contributed by atoms with E-state index < -0.39 is 24.1 Å².